The Kier molecular flexibility index (Phi) is 25.4. The maximum atomic E-state index is 7.23. The molecule has 6 heteroatoms. The molecule has 3 nitrogen and oxygen atoms in total. The summed E-state index contributed by atoms with van der Waals surface area (Å²) in [6, 6.07) is 0. The summed E-state index contributed by atoms with van der Waals surface area (Å²) in [6.45, 7) is 0. The predicted octanol–water partition coefficient (Wildman–Crippen LogP) is -0.815. The van der Waals surface area contributed by atoms with Gasteiger partial charge in [0, 0.05) is 0 Å². The first-order valence-electron chi connectivity index (χ1n) is 0.600. The molecule has 0 amide bonds. The molecule has 0 fully saturated rings. The van der Waals surface area contributed by atoms with Crippen molar-refractivity contribution in [3.05, 3.63) is 0 Å². The van der Waals surface area contributed by atoms with Crippen molar-refractivity contribution in [3.63, 3.8) is 0 Å². The molecule has 0 saturated carbocycles. The fourth-order valence-corrected chi connectivity index (χ4v) is 0. The van der Waals surface area contributed by atoms with E-state index in [2.05, 4.69) is 0 Å². The van der Waals surface area contributed by atoms with Gasteiger partial charge in [0.15, 0.2) is 0 Å². The van der Waals surface area contributed by atoms with Crippen molar-refractivity contribution in [3.8, 4) is 0 Å². The van der Waals surface area contributed by atoms with E-state index in [0.29, 0.717) is 0 Å². The Morgan fingerprint density at radius 1 is 0.833 bits per heavy atom. The average Bonchev–Trinajstić information content (AvgIpc) is 0.811. The van der Waals surface area contributed by atoms with Crippen LogP contribution in [0.25, 0.3) is 0 Å². The van der Waals surface area contributed by atoms with Crippen molar-refractivity contribution in [1.29, 1.82) is 0 Å². The largest absolute Gasteiger partial charge is 2.00 e. The van der Waals surface area contributed by atoms with Crippen molar-refractivity contribution in [2.24, 2.45) is 0 Å². The molecule has 0 aromatic carbocycles. The van der Waals surface area contributed by atoms with Crippen LogP contribution in [0.15, 0.2) is 0 Å². The summed E-state index contributed by atoms with van der Waals surface area (Å²) < 4.78 is 0. The van der Waals surface area contributed by atoms with E-state index >= 15 is 0 Å². The van der Waals surface area contributed by atoms with Gasteiger partial charge in [-0.1, -0.05) is 0 Å². The Balaban J connectivity index is -0.0000000450. The molecule has 26 valence electrons. The zero-order chi connectivity index (χ0) is 3.58. The zero-order valence-corrected chi connectivity index (χ0v) is 10.0. The summed E-state index contributed by atoms with van der Waals surface area (Å²) in [6.07, 6.45) is 0. The third-order valence-corrected chi connectivity index (χ3v) is 0. The minimum Gasteiger partial charge on any atom is -0.328 e. The van der Waals surface area contributed by atoms with Gasteiger partial charge in [0.25, 0.3) is 0 Å². The molecule has 3 N–H and O–H groups in total. The summed E-state index contributed by atoms with van der Waals surface area (Å²) in [5.41, 5.74) is 0. The van der Waals surface area contributed by atoms with E-state index in [1.54, 1.807) is 0 Å². The molecule has 0 heterocycles. The quantitative estimate of drug-likeness (QED) is 0.364. The molecule has 0 saturated heterocycles. The Hall–Kier alpha value is 1.56. The number of rotatable bonds is 0. The van der Waals surface area contributed by atoms with E-state index < -0.39 is 8.60 Å². The molecule has 0 aliphatic heterocycles. The van der Waals surface area contributed by atoms with Crippen LogP contribution in [0.2, 0.25) is 0 Å². The van der Waals surface area contributed by atoms with Crippen LogP contribution in [0.4, 0.5) is 0 Å². The topological polar surface area (TPSA) is 60.7 Å². The first-order valence-corrected chi connectivity index (χ1v) is 1.80. The molecular weight excluding hydrogens is 210 g/mol. The maximum absolute atomic E-state index is 7.23. The molecule has 0 aromatic heterocycles. The molecular formula is H3O3PZn2+4. The van der Waals surface area contributed by atoms with Gasteiger partial charge in [0.05, 0.1) is 0 Å². The minimum absolute atomic E-state index is 0. The van der Waals surface area contributed by atoms with E-state index in [4.69, 9.17) is 14.7 Å². The standard InChI is InChI=1S/H3O3P.2Zn/c1-4(2)3;;/h1-3H;;/q;2*+2. The Morgan fingerprint density at radius 2 is 0.833 bits per heavy atom. The van der Waals surface area contributed by atoms with Crippen LogP contribution in [-0.2, 0) is 39.0 Å². The molecule has 0 rings (SSSR count). The first-order chi connectivity index (χ1) is 1.73. The van der Waals surface area contributed by atoms with E-state index in [1.165, 1.54) is 0 Å². The van der Waals surface area contributed by atoms with Crippen LogP contribution < -0.4 is 0 Å². The van der Waals surface area contributed by atoms with Crippen molar-refractivity contribution in [2.75, 3.05) is 0 Å². The summed E-state index contributed by atoms with van der Waals surface area (Å²) in [4.78, 5) is 21.7. The van der Waals surface area contributed by atoms with Gasteiger partial charge >= 0.3 is 47.6 Å². The fourth-order valence-electron chi connectivity index (χ4n) is 0. The maximum Gasteiger partial charge on any atom is 2.00 e. The monoisotopic (exact) mass is 210 g/mol. The SMILES string of the molecule is OP(O)O.[Zn+2].[Zn+2]. The molecule has 0 aliphatic carbocycles. The summed E-state index contributed by atoms with van der Waals surface area (Å²) >= 11 is 0. The molecule has 0 aliphatic rings. The van der Waals surface area contributed by atoms with Gasteiger partial charge in [-0.25, -0.2) is 0 Å². The molecule has 0 bridgehead atoms. The predicted molar refractivity (Wildman–Crippen MR) is 13.6 cm³/mol. The molecule has 0 unspecified atom stereocenters. The van der Waals surface area contributed by atoms with E-state index in [1.807, 2.05) is 0 Å². The number of hydrogen-bond acceptors (Lipinski definition) is 3. The third-order valence-electron chi connectivity index (χ3n) is 0. The Bertz CT molecular complexity index is 13.5. The minimum atomic E-state index is -2.62. The average molecular weight is 213 g/mol. The Morgan fingerprint density at radius 3 is 0.833 bits per heavy atom. The molecule has 0 radical (unpaired) electrons. The van der Waals surface area contributed by atoms with Crippen molar-refractivity contribution in [2.45, 2.75) is 0 Å². The second-order valence-electron chi connectivity index (χ2n) is 0.268. The molecule has 0 spiro atoms. The summed E-state index contributed by atoms with van der Waals surface area (Å²) in [7, 11) is -2.62. The van der Waals surface area contributed by atoms with Gasteiger partial charge < -0.3 is 14.7 Å². The molecule has 0 atom stereocenters. The van der Waals surface area contributed by atoms with Gasteiger partial charge in [0.2, 0.25) is 0 Å². The normalized spacial score (nSPS) is 6.00. The second-order valence-corrected chi connectivity index (χ2v) is 0.805. The van der Waals surface area contributed by atoms with Crippen molar-refractivity contribution in [1.82, 2.24) is 0 Å². The fraction of sp³-hybridized carbons (Fsp3) is 0. The Labute approximate surface area is 62.3 Å². The van der Waals surface area contributed by atoms with E-state index in [-0.39, 0.29) is 39.0 Å². The van der Waals surface area contributed by atoms with Gasteiger partial charge in [-0.05, 0) is 0 Å². The van der Waals surface area contributed by atoms with Gasteiger partial charge in [0.1, 0.15) is 0 Å². The van der Waals surface area contributed by atoms with E-state index in [0.717, 1.165) is 0 Å². The van der Waals surface area contributed by atoms with Crippen molar-refractivity contribution >= 4 is 8.60 Å². The van der Waals surface area contributed by atoms with Crippen LogP contribution >= 0.6 is 8.60 Å². The summed E-state index contributed by atoms with van der Waals surface area (Å²) in [5, 5.41) is 0. The first kappa shape index (κ1) is 15.6. The molecule has 0 aromatic rings. The smallest absolute Gasteiger partial charge is 0.328 e. The van der Waals surface area contributed by atoms with Crippen LogP contribution in [0.1, 0.15) is 0 Å². The van der Waals surface area contributed by atoms with Crippen LogP contribution in [0, 0.1) is 0 Å². The summed E-state index contributed by atoms with van der Waals surface area (Å²) in [5.74, 6) is 0. The van der Waals surface area contributed by atoms with Crippen LogP contribution in [0.3, 0.4) is 0 Å². The molecule has 6 heavy (non-hydrogen) atoms. The van der Waals surface area contributed by atoms with Crippen LogP contribution in [0.5, 0.6) is 0 Å². The van der Waals surface area contributed by atoms with Gasteiger partial charge in [-0.15, -0.1) is 0 Å². The van der Waals surface area contributed by atoms with Gasteiger partial charge in [-0.3, -0.25) is 0 Å². The second kappa shape index (κ2) is 9.75. The van der Waals surface area contributed by atoms with E-state index in [9.17, 15) is 0 Å². The number of hydrogen-bond donors (Lipinski definition) is 3. The van der Waals surface area contributed by atoms with Crippen LogP contribution in [-0.4, -0.2) is 14.7 Å². The van der Waals surface area contributed by atoms with Gasteiger partial charge in [-0.2, -0.15) is 0 Å². The zero-order valence-electron chi connectivity index (χ0n) is 3.20. The van der Waals surface area contributed by atoms with Crippen molar-refractivity contribution < 1.29 is 53.6 Å². The third kappa shape index (κ3) is 47.6.